The number of carbonyl (C=O) groups excluding carboxylic acids is 3. The summed E-state index contributed by atoms with van der Waals surface area (Å²) in [5.41, 5.74) is 11.1. The monoisotopic (exact) mass is 763 g/mol. The van der Waals surface area contributed by atoms with Crippen molar-refractivity contribution in [2.45, 2.75) is 73.6 Å². The van der Waals surface area contributed by atoms with Crippen LogP contribution in [-0.2, 0) is 39.2 Å². The first-order valence-corrected chi connectivity index (χ1v) is 19.5. The third-order valence-corrected chi connectivity index (χ3v) is 11.1. The number of phosphoric ester groups is 1. The van der Waals surface area contributed by atoms with E-state index in [1.54, 1.807) is 13.8 Å². The maximum absolute atomic E-state index is 14.1. The molecule has 5 heterocycles. The fraction of sp³-hybridized carbons (Fsp3) is 0.410. The van der Waals surface area contributed by atoms with Crippen molar-refractivity contribution in [3.05, 3.63) is 84.8 Å². The Labute approximate surface area is 314 Å². The van der Waals surface area contributed by atoms with Crippen LogP contribution in [0.2, 0.25) is 0 Å². The molecule has 1 amide bonds. The molecule has 0 radical (unpaired) electrons. The van der Waals surface area contributed by atoms with Gasteiger partial charge in [0.25, 0.3) is 5.91 Å². The molecule has 290 valence electrons. The highest BCUT2D eigenvalue weighted by Crippen LogP contribution is 2.44. The van der Waals surface area contributed by atoms with E-state index in [0.29, 0.717) is 41.8 Å². The van der Waals surface area contributed by atoms with Gasteiger partial charge in [-0.05, 0) is 80.5 Å². The maximum Gasteiger partial charge on any atom is 0.493 e. The van der Waals surface area contributed by atoms with Crippen molar-refractivity contribution in [2.75, 3.05) is 20.8 Å². The predicted molar refractivity (Wildman–Crippen MR) is 206 cm³/mol. The molecule has 0 spiro atoms. The number of hydroxylamine groups is 1. The van der Waals surface area contributed by atoms with Crippen molar-refractivity contribution < 1.29 is 42.5 Å². The average molecular weight is 764 g/mol. The van der Waals surface area contributed by atoms with E-state index in [1.165, 1.54) is 14.2 Å². The third-order valence-electron chi connectivity index (χ3n) is 10.3. The van der Waals surface area contributed by atoms with Crippen LogP contribution in [0.4, 0.5) is 0 Å². The highest BCUT2D eigenvalue weighted by molar-refractivity contribution is 7.47. The number of aromatic nitrogens is 3. The number of esters is 2. The lowest BCUT2D eigenvalue weighted by atomic mass is 9.85. The number of carbonyl (C=O) groups is 3. The van der Waals surface area contributed by atoms with E-state index in [-0.39, 0.29) is 42.5 Å². The summed E-state index contributed by atoms with van der Waals surface area (Å²) in [5.74, 6) is -2.34. The summed E-state index contributed by atoms with van der Waals surface area (Å²) in [6, 6.07) is 0. The van der Waals surface area contributed by atoms with Gasteiger partial charge in [-0.1, -0.05) is 33.4 Å². The van der Waals surface area contributed by atoms with Crippen LogP contribution in [0.1, 0.15) is 107 Å². The molecular weight excluding hydrogens is 713 g/mol. The second kappa shape index (κ2) is 16.6. The standard InChI is InChI=1S/C39H50N5O9P/c1-10-15-52-54(48,49)53-44-39(47)36-23(7)31-19-33-25(12-3)21(5)29(41-33)18-32-24(11-2)20(4)28(40-32)17-30-22(6)26(13-14-34(45)50-8)37(42-30)27(38(36)43-31)16-35(46)51-9/h11,17-19,22,26,40-43H,2,10,12-16H2,1,3-9H3,(H,44,47)(H,48,49). The number of nitrogens with one attached hydrogen (secondary N) is 5. The Bertz CT molecular complexity index is 2220. The highest BCUT2D eigenvalue weighted by Gasteiger charge is 2.38. The molecule has 1 fully saturated rings. The molecule has 0 aliphatic carbocycles. The van der Waals surface area contributed by atoms with Gasteiger partial charge in [-0.3, -0.25) is 18.9 Å². The van der Waals surface area contributed by atoms with Crippen molar-refractivity contribution >= 4 is 55.5 Å². The average Bonchev–Trinajstić information content (AvgIpc) is 3.83. The van der Waals surface area contributed by atoms with Gasteiger partial charge in [0.1, 0.15) is 0 Å². The maximum atomic E-state index is 14.1. The third kappa shape index (κ3) is 8.12. The van der Waals surface area contributed by atoms with Crippen LogP contribution in [0.15, 0.2) is 18.0 Å². The van der Waals surface area contributed by atoms with Gasteiger partial charge in [-0.15, -0.1) is 0 Å². The van der Waals surface area contributed by atoms with Gasteiger partial charge >= 0.3 is 19.8 Å². The second-order valence-corrected chi connectivity index (χ2v) is 14.9. The van der Waals surface area contributed by atoms with Crippen molar-refractivity contribution in [3.63, 3.8) is 0 Å². The first kappa shape index (κ1) is 40.3. The minimum atomic E-state index is -4.65. The van der Waals surface area contributed by atoms with Crippen LogP contribution in [-0.4, -0.2) is 58.5 Å². The number of aromatic amines is 3. The molecule has 2 aliphatic rings. The van der Waals surface area contributed by atoms with E-state index in [4.69, 9.17) is 18.6 Å². The molecule has 15 heteroatoms. The number of allylic oxidation sites excluding steroid dienone is 2. The predicted octanol–water partition coefficient (Wildman–Crippen LogP) is 5.08. The van der Waals surface area contributed by atoms with E-state index < -0.39 is 25.7 Å². The zero-order chi connectivity index (χ0) is 39.5. The van der Waals surface area contributed by atoms with Crippen LogP contribution < -0.4 is 21.5 Å². The molecule has 0 saturated carbocycles. The Morgan fingerprint density at radius 1 is 0.944 bits per heavy atom. The number of ether oxygens (including phenoxy) is 2. The van der Waals surface area contributed by atoms with Gasteiger partial charge in [0, 0.05) is 68.6 Å². The van der Waals surface area contributed by atoms with Crippen molar-refractivity contribution in [1.29, 1.82) is 0 Å². The lowest BCUT2D eigenvalue weighted by Gasteiger charge is -2.19. The molecule has 8 bridgehead atoms. The van der Waals surface area contributed by atoms with E-state index in [1.807, 2.05) is 39.0 Å². The van der Waals surface area contributed by atoms with Crippen molar-refractivity contribution in [1.82, 2.24) is 25.7 Å². The molecule has 3 unspecified atom stereocenters. The van der Waals surface area contributed by atoms with Gasteiger partial charge in [0.05, 0.1) is 38.5 Å². The summed E-state index contributed by atoms with van der Waals surface area (Å²) < 4.78 is 32.6. The summed E-state index contributed by atoms with van der Waals surface area (Å²) in [6.45, 7) is 15.7. The number of hydrogen-bond donors (Lipinski definition) is 6. The Balaban J connectivity index is 1.87. The largest absolute Gasteiger partial charge is 0.493 e. The normalized spacial score (nSPS) is 17.5. The van der Waals surface area contributed by atoms with Crippen LogP contribution in [0, 0.1) is 32.6 Å². The fourth-order valence-electron chi connectivity index (χ4n) is 7.27. The van der Waals surface area contributed by atoms with Gasteiger partial charge in [-0.2, -0.15) is 4.62 Å². The van der Waals surface area contributed by atoms with Crippen LogP contribution in [0.3, 0.4) is 0 Å². The molecule has 3 aromatic heterocycles. The summed E-state index contributed by atoms with van der Waals surface area (Å²) in [4.78, 5) is 60.6. The molecular formula is C39H50N5O9P. The second-order valence-electron chi connectivity index (χ2n) is 13.5. The van der Waals surface area contributed by atoms with Crippen LogP contribution >= 0.6 is 7.82 Å². The highest BCUT2D eigenvalue weighted by atomic mass is 31.2. The molecule has 3 aromatic rings. The Hall–Kier alpha value is -4.88. The minimum Gasteiger partial charge on any atom is -0.469 e. The fourth-order valence-corrected chi connectivity index (χ4v) is 7.94. The summed E-state index contributed by atoms with van der Waals surface area (Å²) in [6.07, 6.45) is 9.15. The molecule has 54 heavy (non-hydrogen) atoms. The Morgan fingerprint density at radius 3 is 2.28 bits per heavy atom. The first-order chi connectivity index (χ1) is 25.7. The topological polar surface area (TPSA) is 197 Å². The SMILES string of the molecule is C=Cc1c2[nH]c(c1C)C=C1NC(=C(CC(=O)OC)c3[nH]c(c(C)c3C(=O)NOP(=O)(O)OCCC)C=c3[nH]c(c(C)c3CC)=C2)C(CCC(=O)OC)C1C. The number of H-pyrrole nitrogens is 3. The van der Waals surface area contributed by atoms with E-state index >= 15 is 0 Å². The first-order valence-electron chi connectivity index (χ1n) is 18.0. The Kier molecular flexibility index (Phi) is 12.4. The molecule has 0 aromatic carbocycles. The lowest BCUT2D eigenvalue weighted by Crippen LogP contribution is -2.25. The van der Waals surface area contributed by atoms with Crippen LogP contribution in [0.25, 0.3) is 29.9 Å². The number of hydrogen-bond acceptors (Lipinski definition) is 9. The molecule has 1 saturated heterocycles. The number of phosphoric acid groups is 1. The van der Waals surface area contributed by atoms with Gasteiger partial charge in [0.15, 0.2) is 0 Å². The number of methoxy groups -OCH3 is 2. The Morgan fingerprint density at radius 2 is 1.63 bits per heavy atom. The molecule has 14 nitrogen and oxygen atoms in total. The van der Waals surface area contributed by atoms with Gasteiger partial charge < -0.3 is 34.6 Å². The number of amides is 1. The lowest BCUT2D eigenvalue weighted by molar-refractivity contribution is -0.141. The van der Waals surface area contributed by atoms with E-state index in [0.717, 1.165) is 50.0 Å². The van der Waals surface area contributed by atoms with E-state index in [9.17, 15) is 23.8 Å². The molecule has 5 rings (SSSR count). The minimum absolute atomic E-state index is 0.0634. The summed E-state index contributed by atoms with van der Waals surface area (Å²) in [7, 11) is -2.03. The number of rotatable bonds is 13. The van der Waals surface area contributed by atoms with Gasteiger partial charge in [0.2, 0.25) is 0 Å². The van der Waals surface area contributed by atoms with E-state index in [2.05, 4.69) is 45.3 Å². The molecule has 6 N–H and O–H groups in total. The van der Waals surface area contributed by atoms with Crippen molar-refractivity contribution in [2.24, 2.45) is 11.8 Å². The summed E-state index contributed by atoms with van der Waals surface area (Å²) >= 11 is 0. The molecule has 2 aliphatic heterocycles. The smallest absolute Gasteiger partial charge is 0.469 e. The summed E-state index contributed by atoms with van der Waals surface area (Å²) in [5, 5.41) is 5.26. The number of fused-ring (bicyclic) bond motifs is 8. The zero-order valence-corrected chi connectivity index (χ0v) is 33.0. The zero-order valence-electron chi connectivity index (χ0n) is 32.1. The van der Waals surface area contributed by atoms with Crippen molar-refractivity contribution in [3.8, 4) is 0 Å². The van der Waals surface area contributed by atoms with Gasteiger partial charge in [-0.25, -0.2) is 10.0 Å². The van der Waals surface area contributed by atoms with Crippen LogP contribution in [0.5, 0.6) is 0 Å². The molecule has 3 atom stereocenters. The quantitative estimate of drug-likeness (QED) is 0.0776.